The lowest BCUT2D eigenvalue weighted by Gasteiger charge is -1.93. The second kappa shape index (κ2) is 2.80. The smallest absolute Gasteiger partial charge is 0.252 e. The van der Waals surface area contributed by atoms with Gasteiger partial charge in [0.15, 0.2) is 0 Å². The molecule has 0 aromatic heterocycles. The average molecular weight is 158 g/mol. The SMILES string of the molecule is CNCC1CC1(F)F.Cl. The third kappa shape index (κ3) is 2.06. The molecule has 1 aliphatic rings. The Morgan fingerprint density at radius 2 is 2.11 bits per heavy atom. The van der Waals surface area contributed by atoms with Gasteiger partial charge in [-0.15, -0.1) is 12.4 Å². The van der Waals surface area contributed by atoms with E-state index in [9.17, 15) is 8.78 Å². The fourth-order valence-electron chi connectivity index (χ4n) is 0.737. The first-order chi connectivity index (χ1) is 3.67. The van der Waals surface area contributed by atoms with Crippen LogP contribution in [0.25, 0.3) is 0 Å². The second-order valence-electron chi connectivity index (χ2n) is 2.22. The fourth-order valence-corrected chi connectivity index (χ4v) is 0.737. The van der Waals surface area contributed by atoms with Crippen molar-refractivity contribution in [1.82, 2.24) is 5.32 Å². The van der Waals surface area contributed by atoms with Crippen molar-refractivity contribution in [3.05, 3.63) is 0 Å². The van der Waals surface area contributed by atoms with Crippen LogP contribution in [0.5, 0.6) is 0 Å². The normalized spacial score (nSPS) is 29.0. The molecule has 0 heterocycles. The van der Waals surface area contributed by atoms with Crippen LogP contribution in [0.3, 0.4) is 0 Å². The molecule has 0 spiro atoms. The summed E-state index contributed by atoms with van der Waals surface area (Å²) >= 11 is 0. The van der Waals surface area contributed by atoms with Gasteiger partial charge in [0, 0.05) is 18.9 Å². The Morgan fingerprint density at radius 1 is 1.67 bits per heavy atom. The highest BCUT2D eigenvalue weighted by Crippen LogP contribution is 2.47. The first-order valence-electron chi connectivity index (χ1n) is 2.69. The number of nitrogens with one attached hydrogen (secondary N) is 1. The van der Waals surface area contributed by atoms with Crippen molar-refractivity contribution >= 4 is 12.4 Å². The van der Waals surface area contributed by atoms with Gasteiger partial charge in [0.2, 0.25) is 0 Å². The third-order valence-electron chi connectivity index (χ3n) is 1.41. The average Bonchev–Trinajstić information content (AvgIpc) is 2.15. The van der Waals surface area contributed by atoms with Crippen LogP contribution in [-0.2, 0) is 0 Å². The number of alkyl halides is 2. The van der Waals surface area contributed by atoms with Crippen molar-refractivity contribution in [2.75, 3.05) is 13.6 Å². The first-order valence-corrected chi connectivity index (χ1v) is 2.69. The van der Waals surface area contributed by atoms with Crippen LogP contribution in [0, 0.1) is 5.92 Å². The van der Waals surface area contributed by atoms with E-state index < -0.39 is 5.92 Å². The van der Waals surface area contributed by atoms with Gasteiger partial charge in [-0.2, -0.15) is 0 Å². The zero-order valence-corrected chi connectivity index (χ0v) is 5.97. The van der Waals surface area contributed by atoms with E-state index in [4.69, 9.17) is 0 Å². The van der Waals surface area contributed by atoms with Crippen LogP contribution in [-0.4, -0.2) is 19.5 Å². The fraction of sp³-hybridized carbons (Fsp3) is 1.00. The van der Waals surface area contributed by atoms with Crippen LogP contribution < -0.4 is 5.32 Å². The quantitative estimate of drug-likeness (QED) is 0.637. The van der Waals surface area contributed by atoms with Crippen molar-refractivity contribution < 1.29 is 8.78 Å². The zero-order valence-electron chi connectivity index (χ0n) is 5.16. The third-order valence-corrected chi connectivity index (χ3v) is 1.41. The molecule has 4 heteroatoms. The number of hydrogen-bond acceptors (Lipinski definition) is 1. The van der Waals surface area contributed by atoms with Gasteiger partial charge >= 0.3 is 0 Å². The summed E-state index contributed by atoms with van der Waals surface area (Å²) in [5.74, 6) is -2.73. The minimum Gasteiger partial charge on any atom is -0.319 e. The van der Waals surface area contributed by atoms with Crippen molar-refractivity contribution in [3.63, 3.8) is 0 Å². The highest BCUT2D eigenvalue weighted by Gasteiger charge is 2.55. The highest BCUT2D eigenvalue weighted by atomic mass is 35.5. The lowest BCUT2D eigenvalue weighted by molar-refractivity contribution is 0.0991. The zero-order chi connectivity index (χ0) is 6.20. The largest absolute Gasteiger partial charge is 0.319 e. The summed E-state index contributed by atoms with van der Waals surface area (Å²) in [4.78, 5) is 0. The molecule has 1 N–H and O–H groups in total. The van der Waals surface area contributed by atoms with Gasteiger partial charge in [0.05, 0.1) is 0 Å². The van der Waals surface area contributed by atoms with E-state index in [1.54, 1.807) is 7.05 Å². The van der Waals surface area contributed by atoms with E-state index in [0.29, 0.717) is 6.54 Å². The molecule has 0 aliphatic heterocycles. The molecule has 1 aliphatic carbocycles. The summed E-state index contributed by atoms with van der Waals surface area (Å²) in [6, 6.07) is 0. The summed E-state index contributed by atoms with van der Waals surface area (Å²) in [5, 5.41) is 2.71. The van der Waals surface area contributed by atoms with Crippen molar-refractivity contribution in [2.24, 2.45) is 5.92 Å². The Hall–Kier alpha value is 0.110. The summed E-state index contributed by atoms with van der Waals surface area (Å²) in [6.45, 7) is 0.451. The first kappa shape index (κ1) is 9.11. The molecule has 0 bridgehead atoms. The van der Waals surface area contributed by atoms with Crippen molar-refractivity contribution in [1.29, 1.82) is 0 Å². The molecular formula is C5H10ClF2N. The van der Waals surface area contributed by atoms with E-state index in [2.05, 4.69) is 5.32 Å². The molecule has 0 aromatic rings. The summed E-state index contributed by atoms with van der Waals surface area (Å²) in [5.41, 5.74) is 0. The molecule has 1 atom stereocenters. The summed E-state index contributed by atoms with van der Waals surface area (Å²) in [6.07, 6.45) is 0.0772. The molecule has 1 rings (SSSR count). The van der Waals surface area contributed by atoms with Gasteiger partial charge in [-0.1, -0.05) is 0 Å². The van der Waals surface area contributed by atoms with Gasteiger partial charge < -0.3 is 5.32 Å². The molecule has 56 valence electrons. The van der Waals surface area contributed by atoms with Crippen LogP contribution >= 0.6 is 12.4 Å². The topological polar surface area (TPSA) is 12.0 Å². The molecule has 9 heavy (non-hydrogen) atoms. The van der Waals surface area contributed by atoms with Gasteiger partial charge in [0.1, 0.15) is 0 Å². The van der Waals surface area contributed by atoms with Gasteiger partial charge in [-0.05, 0) is 7.05 Å². The minimum absolute atomic E-state index is 0. The highest BCUT2D eigenvalue weighted by molar-refractivity contribution is 5.85. The van der Waals surface area contributed by atoms with Crippen LogP contribution in [0.2, 0.25) is 0 Å². The maximum atomic E-state index is 11.9. The summed E-state index contributed by atoms with van der Waals surface area (Å²) < 4.78 is 23.9. The van der Waals surface area contributed by atoms with Gasteiger partial charge in [-0.25, -0.2) is 8.78 Å². The predicted molar refractivity (Wildman–Crippen MR) is 34.2 cm³/mol. The molecular weight excluding hydrogens is 148 g/mol. The maximum absolute atomic E-state index is 11.9. The van der Waals surface area contributed by atoms with Crippen LogP contribution in [0.4, 0.5) is 8.78 Å². The van der Waals surface area contributed by atoms with E-state index >= 15 is 0 Å². The molecule has 1 unspecified atom stereocenters. The van der Waals surface area contributed by atoms with E-state index in [1.807, 2.05) is 0 Å². The molecule has 1 fully saturated rings. The van der Waals surface area contributed by atoms with Gasteiger partial charge in [0.25, 0.3) is 5.92 Å². The standard InChI is InChI=1S/C5H9F2N.ClH/c1-8-3-4-2-5(4,6)7;/h4,8H,2-3H2,1H3;1H. The summed E-state index contributed by atoms with van der Waals surface area (Å²) in [7, 11) is 1.69. The molecule has 1 saturated carbocycles. The lowest BCUT2D eigenvalue weighted by atomic mass is 10.4. The van der Waals surface area contributed by atoms with Crippen molar-refractivity contribution in [3.8, 4) is 0 Å². The van der Waals surface area contributed by atoms with E-state index in [-0.39, 0.29) is 24.7 Å². The Bertz CT molecular complexity index is 97.0. The minimum atomic E-state index is -2.34. The molecule has 0 amide bonds. The van der Waals surface area contributed by atoms with Crippen molar-refractivity contribution in [2.45, 2.75) is 12.3 Å². The molecule has 0 saturated heterocycles. The molecule has 1 nitrogen and oxygen atoms in total. The van der Waals surface area contributed by atoms with E-state index in [0.717, 1.165) is 0 Å². The molecule has 0 radical (unpaired) electrons. The predicted octanol–water partition coefficient (Wildman–Crippen LogP) is 1.28. The Kier molecular flexibility index (Phi) is 2.83. The maximum Gasteiger partial charge on any atom is 0.252 e. The monoisotopic (exact) mass is 157 g/mol. The Morgan fingerprint density at radius 3 is 2.22 bits per heavy atom. The van der Waals surface area contributed by atoms with Gasteiger partial charge in [-0.3, -0.25) is 0 Å². The Balaban J connectivity index is 0.000000640. The Labute approximate surface area is 59.2 Å². The number of halogens is 3. The second-order valence-corrected chi connectivity index (χ2v) is 2.22. The lowest BCUT2D eigenvalue weighted by Crippen LogP contribution is -2.13. The van der Waals surface area contributed by atoms with E-state index in [1.165, 1.54) is 0 Å². The van der Waals surface area contributed by atoms with Crippen LogP contribution in [0.15, 0.2) is 0 Å². The number of rotatable bonds is 2. The number of hydrogen-bond donors (Lipinski definition) is 1. The molecule has 0 aromatic carbocycles. The van der Waals surface area contributed by atoms with Crippen LogP contribution in [0.1, 0.15) is 6.42 Å².